The highest BCUT2D eigenvalue weighted by Crippen LogP contribution is 2.25. The molecule has 1 N–H and O–H groups in total. The SMILES string of the molecule is C=C1CCOC(=O)C2=CCCN2C(=O)C(C(C)C)N(C)C(=O)C(C)N(C)C(=O)C(Cc2ccc(OC)cc2)NC(=O)C2CCN(CC2)C(=O)[C@H](C)CC1. The van der Waals surface area contributed by atoms with E-state index in [1.54, 1.807) is 37.1 Å². The Morgan fingerprint density at radius 3 is 2.15 bits per heavy atom. The zero-order valence-corrected chi connectivity index (χ0v) is 32.4. The Morgan fingerprint density at radius 2 is 1.53 bits per heavy atom. The zero-order chi connectivity index (χ0) is 39.0. The van der Waals surface area contributed by atoms with Crippen LogP contribution in [-0.2, 0) is 39.9 Å². The fraction of sp³-hybridized carbons (Fsp3) is 0.600. The van der Waals surface area contributed by atoms with Crippen molar-refractivity contribution in [2.45, 2.75) is 90.8 Å². The van der Waals surface area contributed by atoms with Crippen molar-refractivity contribution in [2.75, 3.05) is 47.4 Å². The minimum absolute atomic E-state index is 0.0176. The summed E-state index contributed by atoms with van der Waals surface area (Å²) >= 11 is 0. The average molecular weight is 736 g/mol. The molecule has 290 valence electrons. The van der Waals surface area contributed by atoms with Gasteiger partial charge in [-0.25, -0.2) is 4.79 Å². The average Bonchev–Trinajstić information content (AvgIpc) is 3.65. The van der Waals surface area contributed by atoms with E-state index in [4.69, 9.17) is 9.47 Å². The number of esters is 1. The first-order valence-corrected chi connectivity index (χ1v) is 18.7. The number of rotatable bonds is 4. The number of hydrogen-bond donors (Lipinski definition) is 1. The molecule has 53 heavy (non-hydrogen) atoms. The fourth-order valence-electron chi connectivity index (χ4n) is 7.27. The summed E-state index contributed by atoms with van der Waals surface area (Å²) in [6.45, 7) is 12.5. The smallest absolute Gasteiger partial charge is 0.354 e. The number of likely N-dealkylation sites (N-methyl/N-ethyl adjacent to an activating group) is 2. The number of carbonyl (C=O) groups is 6. The van der Waals surface area contributed by atoms with Gasteiger partial charge in [-0.05, 0) is 62.6 Å². The molecule has 0 spiro atoms. The Kier molecular flexibility index (Phi) is 14.2. The summed E-state index contributed by atoms with van der Waals surface area (Å²) in [5.74, 6) is -2.55. The second kappa shape index (κ2) is 18.4. The predicted molar refractivity (Wildman–Crippen MR) is 199 cm³/mol. The van der Waals surface area contributed by atoms with Gasteiger partial charge in [-0.1, -0.05) is 51.1 Å². The normalized spacial score (nSPS) is 26.6. The van der Waals surface area contributed by atoms with Crippen LogP contribution in [0.5, 0.6) is 5.75 Å². The quantitative estimate of drug-likeness (QED) is 0.282. The van der Waals surface area contributed by atoms with Crippen molar-refractivity contribution in [3.63, 3.8) is 0 Å². The molecule has 1 aromatic rings. The number of hydrogen-bond acceptors (Lipinski definition) is 8. The number of amides is 5. The minimum atomic E-state index is -0.991. The maximum absolute atomic E-state index is 14.2. The molecule has 0 aliphatic carbocycles. The molecule has 5 rings (SSSR count). The van der Waals surface area contributed by atoms with Crippen LogP contribution in [-0.4, -0.2) is 121 Å². The lowest BCUT2D eigenvalue weighted by Crippen LogP contribution is -2.58. The van der Waals surface area contributed by atoms with E-state index in [9.17, 15) is 28.8 Å². The van der Waals surface area contributed by atoms with Gasteiger partial charge in [0.1, 0.15) is 29.6 Å². The van der Waals surface area contributed by atoms with Crippen molar-refractivity contribution in [1.82, 2.24) is 24.9 Å². The summed E-state index contributed by atoms with van der Waals surface area (Å²) in [6, 6.07) is 4.30. The topological polar surface area (TPSA) is 146 Å². The highest BCUT2D eigenvalue weighted by Gasteiger charge is 2.41. The summed E-state index contributed by atoms with van der Waals surface area (Å²) in [4.78, 5) is 88.4. The van der Waals surface area contributed by atoms with Gasteiger partial charge in [0.25, 0.3) is 0 Å². The Hall–Kier alpha value is -4.68. The van der Waals surface area contributed by atoms with Gasteiger partial charge in [0, 0.05) is 58.4 Å². The molecular formula is C40H57N5O8. The molecule has 3 saturated heterocycles. The molecule has 0 saturated carbocycles. The third-order valence-corrected chi connectivity index (χ3v) is 10.8. The summed E-state index contributed by atoms with van der Waals surface area (Å²) in [6.07, 6.45) is 4.81. The van der Waals surface area contributed by atoms with E-state index < -0.39 is 47.7 Å². The van der Waals surface area contributed by atoms with Gasteiger partial charge >= 0.3 is 5.97 Å². The lowest BCUT2D eigenvalue weighted by atomic mass is 9.93. The van der Waals surface area contributed by atoms with E-state index in [0.717, 1.165) is 11.1 Å². The van der Waals surface area contributed by atoms with Gasteiger partial charge < -0.3 is 34.4 Å². The van der Waals surface area contributed by atoms with Gasteiger partial charge in [-0.15, -0.1) is 0 Å². The highest BCUT2D eigenvalue weighted by atomic mass is 16.5. The molecule has 1 aromatic carbocycles. The van der Waals surface area contributed by atoms with Gasteiger partial charge in [-0.2, -0.15) is 0 Å². The van der Waals surface area contributed by atoms with Crippen LogP contribution in [0.1, 0.15) is 71.8 Å². The van der Waals surface area contributed by atoms with Crippen molar-refractivity contribution >= 4 is 35.5 Å². The molecule has 5 amide bonds. The number of methoxy groups -OCH3 is 1. The van der Waals surface area contributed by atoms with E-state index in [2.05, 4.69) is 11.9 Å². The van der Waals surface area contributed by atoms with E-state index in [0.29, 0.717) is 57.4 Å². The highest BCUT2D eigenvalue weighted by molar-refractivity contribution is 5.98. The molecule has 4 atom stereocenters. The molecule has 4 heterocycles. The number of piperidine rings is 1. The third-order valence-electron chi connectivity index (χ3n) is 10.8. The van der Waals surface area contributed by atoms with Crippen LogP contribution in [0.3, 0.4) is 0 Å². The van der Waals surface area contributed by atoms with Gasteiger partial charge in [0.05, 0.1) is 13.7 Å². The zero-order valence-electron chi connectivity index (χ0n) is 32.4. The molecule has 3 unspecified atom stereocenters. The number of benzene rings is 1. The Bertz CT molecular complexity index is 1560. The van der Waals surface area contributed by atoms with E-state index in [-0.39, 0.29) is 48.9 Å². The summed E-state index contributed by atoms with van der Waals surface area (Å²) < 4.78 is 10.9. The predicted octanol–water partition coefficient (Wildman–Crippen LogP) is 3.33. The van der Waals surface area contributed by atoms with Crippen LogP contribution in [0, 0.1) is 17.8 Å². The Morgan fingerprint density at radius 1 is 0.868 bits per heavy atom. The summed E-state index contributed by atoms with van der Waals surface area (Å²) in [5, 5.41) is 2.98. The van der Waals surface area contributed by atoms with Crippen molar-refractivity contribution in [3.8, 4) is 5.75 Å². The molecule has 13 heteroatoms. The second-order valence-electron chi connectivity index (χ2n) is 14.9. The first-order valence-electron chi connectivity index (χ1n) is 18.7. The van der Waals surface area contributed by atoms with Crippen molar-refractivity contribution in [3.05, 3.63) is 53.8 Å². The molecule has 0 radical (unpaired) electrons. The number of ether oxygens (including phenoxy) is 2. The van der Waals surface area contributed by atoms with Gasteiger partial charge in [0.2, 0.25) is 29.5 Å². The number of nitrogens with one attached hydrogen (secondary N) is 1. The number of nitrogens with zero attached hydrogens (tertiary/aromatic N) is 4. The molecule has 4 aliphatic heterocycles. The molecular weight excluding hydrogens is 678 g/mol. The third kappa shape index (κ3) is 10.1. The monoisotopic (exact) mass is 735 g/mol. The standard InChI is InChI=1S/C40H57N5O8/c1-25(2)34-39(50)45-20-9-10-33(45)40(51)53-23-19-26(3)11-12-27(4)36(47)44-21-17-30(18-22-44)35(46)41-32(24-29-13-15-31(52-8)16-14-29)38(49)42(6)28(5)37(48)43(34)7/h10,13-16,25,27-28,30,32,34H,3,9,11-12,17-24H2,1-2,4-8H3,(H,41,46)/t27-,28?,32?,34?/m1/s1. The van der Waals surface area contributed by atoms with Gasteiger partial charge in [0.15, 0.2) is 0 Å². The molecule has 2 bridgehead atoms. The molecule has 4 aliphatic rings. The van der Waals surface area contributed by atoms with E-state index in [1.165, 1.54) is 28.8 Å². The fourth-order valence-corrected chi connectivity index (χ4v) is 7.27. The lowest BCUT2D eigenvalue weighted by Gasteiger charge is -2.37. The number of fused-ring (bicyclic) bond motifs is 19. The summed E-state index contributed by atoms with van der Waals surface area (Å²) in [7, 11) is 4.61. The molecule has 3 fully saturated rings. The van der Waals surface area contributed by atoms with Crippen molar-refractivity contribution in [1.29, 1.82) is 0 Å². The van der Waals surface area contributed by atoms with Crippen LogP contribution in [0.15, 0.2) is 48.2 Å². The number of carbonyl (C=O) groups excluding carboxylic acids is 6. The maximum atomic E-state index is 14.2. The van der Waals surface area contributed by atoms with Crippen LogP contribution in [0.2, 0.25) is 0 Å². The largest absolute Gasteiger partial charge is 0.497 e. The lowest BCUT2D eigenvalue weighted by molar-refractivity contribution is -0.152. The van der Waals surface area contributed by atoms with E-state index in [1.807, 2.05) is 32.9 Å². The van der Waals surface area contributed by atoms with Gasteiger partial charge in [-0.3, -0.25) is 24.0 Å². The Balaban J connectivity index is 1.63. The minimum Gasteiger partial charge on any atom is -0.497 e. The van der Waals surface area contributed by atoms with Crippen LogP contribution < -0.4 is 10.1 Å². The molecule has 13 nitrogen and oxygen atoms in total. The summed E-state index contributed by atoms with van der Waals surface area (Å²) in [5.41, 5.74) is 1.77. The first kappa shape index (κ1) is 41.1. The van der Waals surface area contributed by atoms with Crippen LogP contribution in [0.4, 0.5) is 0 Å². The van der Waals surface area contributed by atoms with Crippen molar-refractivity contribution < 1.29 is 38.2 Å². The maximum Gasteiger partial charge on any atom is 0.354 e. The van der Waals surface area contributed by atoms with Crippen LogP contribution >= 0.6 is 0 Å². The second-order valence-corrected chi connectivity index (χ2v) is 14.9. The first-order chi connectivity index (χ1) is 25.1. The van der Waals surface area contributed by atoms with Crippen molar-refractivity contribution in [2.24, 2.45) is 17.8 Å². The molecule has 0 aromatic heterocycles. The van der Waals surface area contributed by atoms with Crippen LogP contribution in [0.25, 0.3) is 0 Å². The Labute approximate surface area is 313 Å². The van der Waals surface area contributed by atoms with E-state index >= 15 is 0 Å².